The van der Waals surface area contributed by atoms with Gasteiger partial charge in [0.15, 0.2) is 0 Å². The van der Waals surface area contributed by atoms with E-state index in [1.54, 1.807) is 27.7 Å². The summed E-state index contributed by atoms with van der Waals surface area (Å²) in [5.74, 6) is -0.554. The molecule has 27 heavy (non-hydrogen) atoms. The Morgan fingerprint density at radius 2 is 1.11 bits per heavy atom. The van der Waals surface area contributed by atoms with Crippen LogP contribution in [-0.2, 0) is 34.1 Å². The zero-order valence-electron chi connectivity index (χ0n) is 17.2. The number of carbonyl (C=O) groups is 2. The van der Waals surface area contributed by atoms with Gasteiger partial charge in [-0.15, -0.1) is 0 Å². The second kappa shape index (κ2) is 14.5. The van der Waals surface area contributed by atoms with Crippen LogP contribution in [-0.4, -0.2) is 53.0 Å². The molecule has 0 N–H and O–H groups in total. The van der Waals surface area contributed by atoms with Crippen LogP contribution in [0.2, 0.25) is 0 Å². The fraction of sp³-hybridized carbons (Fsp3) is 0.667. The Morgan fingerprint density at radius 1 is 0.741 bits per heavy atom. The molecule has 156 valence electrons. The van der Waals surface area contributed by atoms with Gasteiger partial charge in [0.2, 0.25) is 0 Å². The summed E-state index contributed by atoms with van der Waals surface area (Å²) in [6.07, 6.45) is 3.86. The number of ether oxygens (including phenoxy) is 2. The molecular weight excluding hydrogens is 417 g/mol. The molecular formula is C18H32GeO8. The number of hydrogen-bond donors (Lipinski definition) is 0. The Labute approximate surface area is 165 Å². The summed E-state index contributed by atoms with van der Waals surface area (Å²) in [6, 6.07) is 0. The SMILES string of the molecule is CCC[O][Ge]([O]CCC)([O]/C(C)=C\C(=O)OCC)[O]/C(C)=C\C(=O)OCC. The summed E-state index contributed by atoms with van der Waals surface area (Å²) in [7, 11) is 0. The fourth-order valence-corrected chi connectivity index (χ4v) is 6.35. The van der Waals surface area contributed by atoms with Gasteiger partial charge in [-0.05, 0) is 0 Å². The Bertz CT molecular complexity index is 469. The quantitative estimate of drug-likeness (QED) is 0.173. The second-order valence-corrected chi connectivity index (χ2v) is 9.58. The van der Waals surface area contributed by atoms with Gasteiger partial charge in [-0.2, -0.15) is 0 Å². The Kier molecular flexibility index (Phi) is 13.7. The van der Waals surface area contributed by atoms with Crippen molar-refractivity contribution in [3.63, 3.8) is 0 Å². The van der Waals surface area contributed by atoms with Gasteiger partial charge in [0.05, 0.1) is 0 Å². The van der Waals surface area contributed by atoms with Gasteiger partial charge in [-0.1, -0.05) is 0 Å². The molecule has 0 saturated carbocycles. The van der Waals surface area contributed by atoms with Crippen molar-refractivity contribution in [1.82, 2.24) is 0 Å². The molecule has 0 saturated heterocycles. The fourth-order valence-electron chi connectivity index (χ4n) is 1.79. The molecule has 0 aromatic rings. The van der Waals surface area contributed by atoms with E-state index in [1.165, 1.54) is 12.2 Å². The standard InChI is InChI=1S/C18H32GeO8/c1-7-11-24-19(25-12-8-2,26-15(5)13-17(20)22-9-3)27-16(6)14-18(21)23-10-4/h13-14H,7-12H2,1-6H3/b15-13-,16-14-. The molecule has 0 radical (unpaired) electrons. The number of carbonyl (C=O) groups excluding carboxylic acids is 2. The third-order valence-electron chi connectivity index (χ3n) is 2.75. The predicted octanol–water partition coefficient (Wildman–Crippen LogP) is 3.24. The van der Waals surface area contributed by atoms with Crippen molar-refractivity contribution in [3.05, 3.63) is 23.7 Å². The Balaban J connectivity index is 5.53. The molecule has 0 aliphatic carbocycles. The molecule has 0 heterocycles. The molecule has 0 aliphatic heterocycles. The summed E-state index contributed by atoms with van der Waals surface area (Å²) in [5.41, 5.74) is 0. The first kappa shape index (κ1) is 25.5. The first-order valence-electron chi connectivity index (χ1n) is 9.18. The monoisotopic (exact) mass is 450 g/mol. The first-order valence-corrected chi connectivity index (χ1v) is 12.6. The Hall–Kier alpha value is -1.52. The summed E-state index contributed by atoms with van der Waals surface area (Å²) < 4.78 is 33.2. The minimum absolute atomic E-state index is 0.254. The summed E-state index contributed by atoms with van der Waals surface area (Å²) >= 11 is -4.31. The van der Waals surface area contributed by atoms with Crippen LogP contribution in [0.3, 0.4) is 0 Å². The number of hydrogen-bond acceptors (Lipinski definition) is 8. The molecule has 0 unspecified atom stereocenters. The van der Waals surface area contributed by atoms with Crippen LogP contribution in [0.15, 0.2) is 23.7 Å². The first-order chi connectivity index (χ1) is 12.8. The van der Waals surface area contributed by atoms with Crippen molar-refractivity contribution in [2.24, 2.45) is 0 Å². The van der Waals surface area contributed by atoms with Crippen LogP contribution in [0.25, 0.3) is 0 Å². The molecule has 8 nitrogen and oxygen atoms in total. The number of allylic oxidation sites excluding steroid dienone is 2. The summed E-state index contributed by atoms with van der Waals surface area (Å²) in [6.45, 7) is 11.7. The van der Waals surface area contributed by atoms with Gasteiger partial charge in [0, 0.05) is 0 Å². The van der Waals surface area contributed by atoms with Crippen LogP contribution < -0.4 is 0 Å². The van der Waals surface area contributed by atoms with Gasteiger partial charge < -0.3 is 0 Å². The van der Waals surface area contributed by atoms with Crippen LogP contribution in [0, 0.1) is 0 Å². The van der Waals surface area contributed by atoms with Crippen molar-refractivity contribution in [1.29, 1.82) is 0 Å². The summed E-state index contributed by atoms with van der Waals surface area (Å²) in [4.78, 5) is 23.3. The van der Waals surface area contributed by atoms with Gasteiger partial charge >= 0.3 is 165 Å². The minimum atomic E-state index is -4.31. The molecule has 0 aromatic carbocycles. The van der Waals surface area contributed by atoms with E-state index in [9.17, 15) is 9.59 Å². The molecule has 0 fully saturated rings. The van der Waals surface area contributed by atoms with E-state index in [4.69, 9.17) is 24.5 Å². The number of rotatable bonds is 14. The zero-order valence-corrected chi connectivity index (χ0v) is 19.3. The molecule has 0 rings (SSSR count). The van der Waals surface area contributed by atoms with Crippen molar-refractivity contribution in [2.75, 3.05) is 26.4 Å². The van der Waals surface area contributed by atoms with E-state index in [-0.39, 0.29) is 24.7 Å². The van der Waals surface area contributed by atoms with E-state index < -0.39 is 26.6 Å². The maximum atomic E-state index is 11.7. The molecule has 0 bridgehead atoms. The third kappa shape index (κ3) is 11.7. The second-order valence-electron chi connectivity index (χ2n) is 5.42. The topological polar surface area (TPSA) is 89.5 Å². The zero-order chi connectivity index (χ0) is 20.7. The van der Waals surface area contributed by atoms with Crippen molar-refractivity contribution >= 4 is 26.6 Å². The third-order valence-corrected chi connectivity index (χ3v) is 7.49. The van der Waals surface area contributed by atoms with Crippen LogP contribution in [0.1, 0.15) is 54.4 Å². The molecule has 9 heteroatoms. The van der Waals surface area contributed by atoms with E-state index in [1.807, 2.05) is 13.8 Å². The van der Waals surface area contributed by atoms with Gasteiger partial charge in [0.1, 0.15) is 0 Å². The molecule has 0 atom stereocenters. The van der Waals surface area contributed by atoms with Gasteiger partial charge in [-0.25, -0.2) is 0 Å². The van der Waals surface area contributed by atoms with Crippen LogP contribution in [0.5, 0.6) is 0 Å². The normalized spacial score (nSPS) is 12.5. The van der Waals surface area contributed by atoms with Gasteiger partial charge in [0.25, 0.3) is 0 Å². The van der Waals surface area contributed by atoms with Crippen LogP contribution >= 0.6 is 0 Å². The molecule has 0 spiro atoms. The van der Waals surface area contributed by atoms with Crippen molar-refractivity contribution in [2.45, 2.75) is 54.4 Å². The Morgan fingerprint density at radius 3 is 1.41 bits per heavy atom. The van der Waals surface area contributed by atoms with E-state index >= 15 is 0 Å². The van der Waals surface area contributed by atoms with Crippen molar-refractivity contribution in [3.8, 4) is 0 Å². The van der Waals surface area contributed by atoms with Crippen molar-refractivity contribution < 1.29 is 34.1 Å². The average Bonchev–Trinajstić information content (AvgIpc) is 2.58. The van der Waals surface area contributed by atoms with E-state index in [0.717, 1.165) is 12.8 Å². The van der Waals surface area contributed by atoms with E-state index in [0.29, 0.717) is 13.2 Å². The average molecular weight is 449 g/mol. The van der Waals surface area contributed by atoms with E-state index in [2.05, 4.69) is 0 Å². The molecule has 0 amide bonds. The predicted molar refractivity (Wildman–Crippen MR) is 101 cm³/mol. The molecule has 0 aromatic heterocycles. The van der Waals surface area contributed by atoms with Crippen LogP contribution in [0.4, 0.5) is 0 Å². The summed E-state index contributed by atoms with van der Waals surface area (Å²) in [5, 5.41) is 0. The van der Waals surface area contributed by atoms with Gasteiger partial charge in [-0.3, -0.25) is 0 Å². The maximum absolute atomic E-state index is 11.7. The number of esters is 2. The molecule has 0 aliphatic rings.